The Kier molecular flexibility index (Phi) is 5.12. The highest BCUT2D eigenvalue weighted by Gasteiger charge is 2.47. The van der Waals surface area contributed by atoms with Crippen LogP contribution in [-0.2, 0) is 9.59 Å². The van der Waals surface area contributed by atoms with Crippen LogP contribution in [-0.4, -0.2) is 47.3 Å². The molecule has 2 saturated heterocycles. The molecule has 0 spiro atoms. The molecular weight excluding hydrogens is 363 g/mol. The maximum Gasteiger partial charge on any atom is 0.254 e. The maximum atomic E-state index is 13.8. The van der Waals surface area contributed by atoms with Crippen molar-refractivity contribution in [1.29, 1.82) is 0 Å². The molecule has 27 heavy (non-hydrogen) atoms. The second kappa shape index (κ2) is 7.21. The average Bonchev–Trinajstić information content (AvgIpc) is 3.05. The Bertz CT molecular complexity index is 802. The number of carbonyl (C=O) groups is 3. The molecule has 0 unspecified atom stereocenters. The molecule has 2 aliphatic rings. The summed E-state index contributed by atoms with van der Waals surface area (Å²) in [6.07, 6.45) is 0.882. The summed E-state index contributed by atoms with van der Waals surface area (Å²) in [4.78, 5) is 38.6. The zero-order valence-corrected chi connectivity index (χ0v) is 14.9. The first-order valence-corrected chi connectivity index (χ1v) is 8.79. The van der Waals surface area contributed by atoms with Gasteiger partial charge in [-0.15, -0.1) is 0 Å². The van der Waals surface area contributed by atoms with Crippen molar-refractivity contribution in [2.75, 3.05) is 6.54 Å². The van der Waals surface area contributed by atoms with Crippen molar-refractivity contribution < 1.29 is 27.6 Å². The summed E-state index contributed by atoms with van der Waals surface area (Å²) in [6, 6.07) is -1.13. The smallest absolute Gasteiger partial charge is 0.254 e. The molecule has 2 N–H and O–H groups in total. The Morgan fingerprint density at radius 2 is 1.93 bits per heavy atom. The molecule has 2 aliphatic heterocycles. The second-order valence-corrected chi connectivity index (χ2v) is 7.03. The molecule has 0 radical (unpaired) electrons. The van der Waals surface area contributed by atoms with Gasteiger partial charge in [-0.25, -0.2) is 13.2 Å². The van der Waals surface area contributed by atoms with Crippen LogP contribution in [0.4, 0.5) is 13.2 Å². The van der Waals surface area contributed by atoms with E-state index < -0.39 is 47.0 Å². The highest BCUT2D eigenvalue weighted by atomic mass is 19.2. The predicted molar refractivity (Wildman–Crippen MR) is 89.1 cm³/mol. The third-order valence-electron chi connectivity index (χ3n) is 5.25. The Morgan fingerprint density at radius 1 is 1.26 bits per heavy atom. The van der Waals surface area contributed by atoms with E-state index in [0.717, 1.165) is 0 Å². The van der Waals surface area contributed by atoms with Crippen LogP contribution in [0.1, 0.15) is 37.0 Å². The molecule has 2 heterocycles. The zero-order valence-electron chi connectivity index (χ0n) is 14.9. The van der Waals surface area contributed by atoms with Crippen molar-refractivity contribution in [1.82, 2.24) is 15.5 Å². The first kappa shape index (κ1) is 19.2. The van der Waals surface area contributed by atoms with Crippen LogP contribution in [0.15, 0.2) is 12.1 Å². The minimum Gasteiger partial charge on any atom is -0.347 e. The van der Waals surface area contributed by atoms with Gasteiger partial charge in [0.25, 0.3) is 5.91 Å². The standard InChI is InChI=1S/C18H20F3N3O3/c1-3-8(2)15-18(27)24-7-9(4-14(24)17(26)23-15)22-16(25)10-5-12(20)13(21)6-11(10)19/h5-6,8-9,14-15H,3-4,7H2,1-2H3,(H,22,25)(H,23,26)/t8-,9-,14-,15-/m0/s1. The van der Waals surface area contributed by atoms with Crippen molar-refractivity contribution in [2.24, 2.45) is 5.92 Å². The molecule has 6 nitrogen and oxygen atoms in total. The van der Waals surface area contributed by atoms with Gasteiger partial charge in [-0.3, -0.25) is 14.4 Å². The number of piperazine rings is 1. The zero-order chi connectivity index (χ0) is 19.9. The number of hydrogen-bond donors (Lipinski definition) is 2. The summed E-state index contributed by atoms with van der Waals surface area (Å²) in [5.74, 6) is -5.39. The van der Waals surface area contributed by atoms with Crippen molar-refractivity contribution in [3.8, 4) is 0 Å². The van der Waals surface area contributed by atoms with E-state index >= 15 is 0 Å². The van der Waals surface area contributed by atoms with E-state index in [4.69, 9.17) is 0 Å². The van der Waals surface area contributed by atoms with Gasteiger partial charge in [0, 0.05) is 18.7 Å². The quantitative estimate of drug-likeness (QED) is 0.771. The Morgan fingerprint density at radius 3 is 2.59 bits per heavy atom. The minimum atomic E-state index is -1.39. The SMILES string of the molecule is CC[C@H](C)[C@@H]1NC(=O)[C@@H]2C[C@H](NC(=O)c3cc(F)c(F)cc3F)CN2C1=O. The molecule has 3 rings (SSSR count). The number of nitrogens with one attached hydrogen (secondary N) is 2. The number of rotatable bonds is 4. The summed E-state index contributed by atoms with van der Waals surface area (Å²) in [5.41, 5.74) is -0.632. The molecule has 146 valence electrons. The molecule has 9 heteroatoms. The van der Waals surface area contributed by atoms with Crippen molar-refractivity contribution in [2.45, 2.75) is 44.8 Å². The van der Waals surface area contributed by atoms with E-state index in [1.165, 1.54) is 4.90 Å². The van der Waals surface area contributed by atoms with Crippen molar-refractivity contribution >= 4 is 17.7 Å². The van der Waals surface area contributed by atoms with Gasteiger partial charge in [0.05, 0.1) is 5.56 Å². The monoisotopic (exact) mass is 383 g/mol. The van der Waals surface area contributed by atoms with Gasteiger partial charge in [0.2, 0.25) is 11.8 Å². The Balaban J connectivity index is 1.72. The molecule has 0 aliphatic carbocycles. The van der Waals surface area contributed by atoms with Gasteiger partial charge >= 0.3 is 0 Å². The van der Waals surface area contributed by atoms with Gasteiger partial charge < -0.3 is 15.5 Å². The van der Waals surface area contributed by atoms with Crippen molar-refractivity contribution in [3.63, 3.8) is 0 Å². The van der Waals surface area contributed by atoms with Crippen LogP contribution in [0.2, 0.25) is 0 Å². The number of carbonyl (C=O) groups excluding carboxylic acids is 3. The van der Waals surface area contributed by atoms with Crippen LogP contribution in [0, 0.1) is 23.4 Å². The van der Waals surface area contributed by atoms with Crippen molar-refractivity contribution in [3.05, 3.63) is 35.1 Å². The second-order valence-electron chi connectivity index (χ2n) is 7.03. The fourth-order valence-corrected chi connectivity index (χ4v) is 3.50. The number of benzene rings is 1. The Hall–Kier alpha value is -2.58. The van der Waals surface area contributed by atoms with E-state index in [1.54, 1.807) is 0 Å². The Labute approximate surface area is 154 Å². The average molecular weight is 383 g/mol. The number of hydrogen-bond acceptors (Lipinski definition) is 3. The molecule has 1 aromatic rings. The van der Waals surface area contributed by atoms with Crippen LogP contribution >= 0.6 is 0 Å². The first-order valence-electron chi connectivity index (χ1n) is 8.79. The minimum absolute atomic E-state index is 0.0349. The summed E-state index contributed by atoms with van der Waals surface area (Å²) in [5, 5.41) is 5.22. The van der Waals surface area contributed by atoms with Gasteiger partial charge in [-0.05, 0) is 18.4 Å². The molecule has 1 aromatic carbocycles. The topological polar surface area (TPSA) is 78.5 Å². The van der Waals surface area contributed by atoms with E-state index in [2.05, 4.69) is 10.6 Å². The van der Waals surface area contributed by atoms with E-state index in [-0.39, 0.29) is 30.7 Å². The molecule has 0 saturated carbocycles. The normalized spacial score (nSPS) is 25.8. The number of nitrogens with zero attached hydrogens (tertiary/aromatic N) is 1. The van der Waals surface area contributed by atoms with Gasteiger partial charge in [-0.1, -0.05) is 20.3 Å². The van der Waals surface area contributed by atoms with E-state index in [0.29, 0.717) is 18.6 Å². The molecule has 4 atom stereocenters. The number of fused-ring (bicyclic) bond motifs is 1. The summed E-state index contributed by atoms with van der Waals surface area (Å²) in [6.45, 7) is 3.88. The summed E-state index contributed by atoms with van der Waals surface area (Å²) >= 11 is 0. The highest BCUT2D eigenvalue weighted by Crippen LogP contribution is 2.26. The van der Waals surface area contributed by atoms with Crippen LogP contribution in [0.5, 0.6) is 0 Å². The molecule has 0 aromatic heterocycles. The summed E-state index contributed by atoms with van der Waals surface area (Å²) < 4.78 is 40.1. The number of amides is 3. The van der Waals surface area contributed by atoms with Crippen LogP contribution in [0.3, 0.4) is 0 Å². The van der Waals surface area contributed by atoms with Gasteiger partial charge in [0.1, 0.15) is 17.9 Å². The largest absolute Gasteiger partial charge is 0.347 e. The lowest BCUT2D eigenvalue weighted by Gasteiger charge is -2.36. The fraction of sp³-hybridized carbons (Fsp3) is 0.500. The first-order chi connectivity index (χ1) is 12.7. The highest BCUT2D eigenvalue weighted by molar-refractivity contribution is 5.98. The van der Waals surface area contributed by atoms with E-state index in [9.17, 15) is 27.6 Å². The predicted octanol–water partition coefficient (Wildman–Crippen LogP) is 1.35. The van der Waals surface area contributed by atoms with Crippen LogP contribution < -0.4 is 10.6 Å². The summed E-state index contributed by atoms with van der Waals surface area (Å²) in [7, 11) is 0. The van der Waals surface area contributed by atoms with Crippen LogP contribution in [0.25, 0.3) is 0 Å². The lowest BCUT2D eigenvalue weighted by Crippen LogP contribution is -2.62. The third kappa shape index (κ3) is 3.50. The van der Waals surface area contributed by atoms with Gasteiger partial charge in [-0.2, -0.15) is 0 Å². The number of halogens is 3. The molecule has 0 bridgehead atoms. The lowest BCUT2D eigenvalue weighted by atomic mass is 9.95. The van der Waals surface area contributed by atoms with E-state index in [1.807, 2.05) is 13.8 Å². The van der Waals surface area contributed by atoms with Gasteiger partial charge in [0.15, 0.2) is 11.6 Å². The lowest BCUT2D eigenvalue weighted by molar-refractivity contribution is -0.148. The molecule has 3 amide bonds. The fourth-order valence-electron chi connectivity index (χ4n) is 3.50. The maximum absolute atomic E-state index is 13.8. The third-order valence-corrected chi connectivity index (χ3v) is 5.25. The molecule has 2 fully saturated rings. The molecular formula is C18H20F3N3O3.